The molecule has 0 saturated carbocycles. The van der Waals surface area contributed by atoms with Crippen molar-refractivity contribution < 1.29 is 8.78 Å². The molecule has 0 aromatic heterocycles. The molecule has 3 aliphatic rings. The van der Waals surface area contributed by atoms with Crippen LogP contribution in [0.15, 0.2) is 71.5 Å². The lowest BCUT2D eigenvalue weighted by Gasteiger charge is -2.44. The Morgan fingerprint density at radius 1 is 0.914 bits per heavy atom. The predicted molar refractivity (Wildman–Crippen MR) is 137 cm³/mol. The number of aliphatic imine (C=N–C) groups is 1. The Morgan fingerprint density at radius 2 is 1.69 bits per heavy atom. The van der Waals surface area contributed by atoms with Crippen molar-refractivity contribution in [3.05, 3.63) is 89.3 Å². The normalized spacial score (nSPS) is 20.7. The number of halogens is 2. The third kappa shape index (κ3) is 5.46. The first-order valence-corrected chi connectivity index (χ1v) is 12.5. The summed E-state index contributed by atoms with van der Waals surface area (Å²) in [4.78, 5) is 11.8. The van der Waals surface area contributed by atoms with E-state index < -0.39 is 0 Å². The maximum atomic E-state index is 14.1. The minimum absolute atomic E-state index is 0.172. The highest BCUT2D eigenvalue weighted by Gasteiger charge is 2.30. The van der Waals surface area contributed by atoms with Gasteiger partial charge in [0.05, 0.1) is 0 Å². The molecule has 35 heavy (non-hydrogen) atoms. The third-order valence-electron chi connectivity index (χ3n) is 7.29. The summed E-state index contributed by atoms with van der Waals surface area (Å²) in [7, 11) is 0. The van der Waals surface area contributed by atoms with Crippen LogP contribution in [0.1, 0.15) is 36.4 Å². The molecule has 2 aromatic carbocycles. The number of benzene rings is 2. The fourth-order valence-corrected chi connectivity index (χ4v) is 5.27. The summed E-state index contributed by atoms with van der Waals surface area (Å²) in [6.07, 6.45) is 6.75. The second-order valence-corrected chi connectivity index (χ2v) is 9.51. The average Bonchev–Trinajstić information content (AvgIpc) is 2.82. The molecule has 0 amide bonds. The van der Waals surface area contributed by atoms with Gasteiger partial charge >= 0.3 is 0 Å². The van der Waals surface area contributed by atoms with Crippen LogP contribution in [0.3, 0.4) is 0 Å². The second kappa shape index (κ2) is 10.7. The van der Waals surface area contributed by atoms with Crippen molar-refractivity contribution in [1.29, 1.82) is 0 Å². The summed E-state index contributed by atoms with van der Waals surface area (Å²) in [6, 6.07) is 13.7. The van der Waals surface area contributed by atoms with Gasteiger partial charge in [0.2, 0.25) is 0 Å². The van der Waals surface area contributed by atoms with Gasteiger partial charge in [-0.15, -0.1) is 0 Å². The Bertz CT molecular complexity index is 1110. The number of rotatable bonds is 6. The van der Waals surface area contributed by atoms with E-state index in [1.807, 2.05) is 18.2 Å². The van der Waals surface area contributed by atoms with Crippen molar-refractivity contribution in [2.45, 2.75) is 25.3 Å². The van der Waals surface area contributed by atoms with E-state index in [0.717, 1.165) is 81.1 Å². The number of allylic oxidation sites excluding steroid dienone is 2. The van der Waals surface area contributed by atoms with Gasteiger partial charge in [-0.3, -0.25) is 4.90 Å². The number of nitrogens with two attached hydrogens (primary N) is 1. The zero-order chi connectivity index (χ0) is 24.2. The highest BCUT2D eigenvalue weighted by atomic mass is 19.1. The number of likely N-dealkylation sites (tertiary alicyclic amines) is 1. The minimum Gasteiger partial charge on any atom is -0.383 e. The van der Waals surface area contributed by atoms with Gasteiger partial charge < -0.3 is 15.5 Å². The molecule has 2 fully saturated rings. The molecular weight excluding hydrogens is 444 g/mol. The van der Waals surface area contributed by atoms with E-state index in [9.17, 15) is 8.78 Å². The van der Waals surface area contributed by atoms with Crippen LogP contribution in [0.25, 0.3) is 5.57 Å². The molecule has 7 heteroatoms. The zero-order valence-corrected chi connectivity index (χ0v) is 20.0. The molecule has 2 N–H and O–H groups in total. The molecule has 0 radical (unpaired) electrons. The topological polar surface area (TPSA) is 48.1 Å². The lowest BCUT2D eigenvalue weighted by Crippen LogP contribution is -2.51. The number of hydrogen-bond acceptors (Lipinski definition) is 5. The number of nitrogens with zero attached hydrogens (tertiary/aromatic N) is 4. The molecule has 1 unspecified atom stereocenters. The van der Waals surface area contributed by atoms with Crippen LogP contribution >= 0.6 is 0 Å². The van der Waals surface area contributed by atoms with Crippen molar-refractivity contribution in [1.82, 2.24) is 14.7 Å². The van der Waals surface area contributed by atoms with Crippen LogP contribution in [-0.2, 0) is 0 Å². The summed E-state index contributed by atoms with van der Waals surface area (Å²) in [5.74, 6) is 0.0120. The lowest BCUT2D eigenvalue weighted by molar-refractivity contribution is 0.0677. The number of amidine groups is 1. The van der Waals surface area contributed by atoms with Crippen LogP contribution in [0.5, 0.6) is 0 Å². The van der Waals surface area contributed by atoms with E-state index in [2.05, 4.69) is 19.7 Å². The highest BCUT2D eigenvalue weighted by Crippen LogP contribution is 2.31. The summed E-state index contributed by atoms with van der Waals surface area (Å²) in [5, 5.41) is 0. The minimum atomic E-state index is -0.267. The van der Waals surface area contributed by atoms with E-state index in [4.69, 9.17) is 5.73 Å². The van der Waals surface area contributed by atoms with Crippen molar-refractivity contribution >= 4 is 11.4 Å². The first-order valence-electron chi connectivity index (χ1n) is 12.5. The predicted octanol–water partition coefficient (Wildman–Crippen LogP) is 4.41. The highest BCUT2D eigenvalue weighted by molar-refractivity contribution is 6.23. The third-order valence-corrected chi connectivity index (χ3v) is 7.29. The Morgan fingerprint density at radius 3 is 2.37 bits per heavy atom. The Hall–Kier alpha value is -3.03. The maximum absolute atomic E-state index is 14.1. The Kier molecular flexibility index (Phi) is 7.25. The van der Waals surface area contributed by atoms with Gasteiger partial charge in [-0.1, -0.05) is 30.3 Å². The van der Waals surface area contributed by atoms with E-state index in [-0.39, 0.29) is 17.7 Å². The van der Waals surface area contributed by atoms with E-state index >= 15 is 0 Å². The Labute approximate surface area is 206 Å². The van der Waals surface area contributed by atoms with Crippen LogP contribution in [0.4, 0.5) is 8.78 Å². The summed E-state index contributed by atoms with van der Waals surface area (Å²) < 4.78 is 27.7. The molecule has 5 nitrogen and oxygen atoms in total. The molecule has 3 aliphatic heterocycles. The fraction of sp³-hybridized carbons (Fsp3) is 0.393. The summed E-state index contributed by atoms with van der Waals surface area (Å²) in [5.41, 5.74) is 10.4. The largest absolute Gasteiger partial charge is 0.383 e. The molecule has 1 atom stereocenters. The van der Waals surface area contributed by atoms with Gasteiger partial charge in [-0.25, -0.2) is 13.8 Å². The Balaban J connectivity index is 1.39. The maximum Gasteiger partial charge on any atom is 0.132 e. The number of hydrogen-bond donors (Lipinski definition) is 1. The first-order chi connectivity index (χ1) is 17.1. The number of piperazine rings is 1. The quantitative estimate of drug-likeness (QED) is 0.670. The molecule has 5 rings (SSSR count). The van der Waals surface area contributed by atoms with Gasteiger partial charge in [-0.2, -0.15) is 0 Å². The van der Waals surface area contributed by atoms with Gasteiger partial charge in [0.1, 0.15) is 17.5 Å². The van der Waals surface area contributed by atoms with E-state index in [1.165, 1.54) is 24.6 Å². The molecule has 2 aromatic rings. The monoisotopic (exact) mass is 477 g/mol. The molecule has 0 spiro atoms. The smallest absolute Gasteiger partial charge is 0.132 e. The van der Waals surface area contributed by atoms with Crippen LogP contribution in [0, 0.1) is 11.6 Å². The van der Waals surface area contributed by atoms with Crippen LogP contribution < -0.4 is 5.73 Å². The van der Waals surface area contributed by atoms with E-state index in [1.54, 1.807) is 24.4 Å². The first kappa shape index (κ1) is 23.7. The SMILES string of the molecule is NC1=NC=CCCC(N2CCN(C(CN3CCC3)c3cccc(F)c3)CC2)=C1c1ccc(F)cc1. The van der Waals surface area contributed by atoms with Gasteiger partial charge in [0, 0.05) is 56.2 Å². The van der Waals surface area contributed by atoms with Crippen molar-refractivity contribution in [2.24, 2.45) is 10.7 Å². The second-order valence-electron chi connectivity index (χ2n) is 9.51. The summed E-state index contributed by atoms with van der Waals surface area (Å²) >= 11 is 0. The van der Waals surface area contributed by atoms with Crippen molar-refractivity contribution in [2.75, 3.05) is 45.8 Å². The van der Waals surface area contributed by atoms with Gasteiger partial charge in [0.15, 0.2) is 0 Å². The molecule has 3 heterocycles. The molecule has 2 saturated heterocycles. The van der Waals surface area contributed by atoms with Crippen molar-refractivity contribution in [3.63, 3.8) is 0 Å². The molecular formula is C28H33F2N5. The molecule has 184 valence electrons. The summed E-state index contributed by atoms with van der Waals surface area (Å²) in [6.45, 7) is 6.62. The van der Waals surface area contributed by atoms with Crippen LogP contribution in [-0.4, -0.2) is 66.3 Å². The lowest BCUT2D eigenvalue weighted by atomic mass is 9.97. The van der Waals surface area contributed by atoms with Crippen molar-refractivity contribution in [3.8, 4) is 0 Å². The van der Waals surface area contributed by atoms with E-state index in [0.29, 0.717) is 5.84 Å². The molecule has 0 bridgehead atoms. The zero-order valence-electron chi connectivity index (χ0n) is 20.0. The molecule has 0 aliphatic carbocycles. The fourth-order valence-electron chi connectivity index (χ4n) is 5.27. The van der Waals surface area contributed by atoms with Gasteiger partial charge in [0.25, 0.3) is 0 Å². The van der Waals surface area contributed by atoms with Gasteiger partial charge in [-0.05, 0) is 67.7 Å². The van der Waals surface area contributed by atoms with Crippen LogP contribution in [0.2, 0.25) is 0 Å². The standard InChI is InChI=1S/C28H33F2N5/c29-23-10-8-21(9-11-23)27-25(7-1-2-12-32-28(27)31)34-15-17-35(18-16-34)26(20-33-13-4-14-33)22-5-3-6-24(30)19-22/h2-3,5-6,8-12,19,26H,1,4,7,13-18,20H2,(H2,31,32). The average molecular weight is 478 g/mol.